The van der Waals surface area contributed by atoms with E-state index in [2.05, 4.69) is 15.5 Å². The number of hydrogen-bond acceptors (Lipinski definition) is 5. The van der Waals surface area contributed by atoms with Crippen molar-refractivity contribution < 1.29 is 14.1 Å². The summed E-state index contributed by atoms with van der Waals surface area (Å²) in [5.41, 5.74) is 2.34. The number of ether oxygens (including phenoxy) is 1. The molecule has 1 heterocycles. The van der Waals surface area contributed by atoms with Crippen LogP contribution in [0.25, 0.3) is 22.8 Å². The van der Waals surface area contributed by atoms with E-state index in [1.54, 1.807) is 6.07 Å². The molecule has 0 aliphatic carbocycles. The minimum Gasteiger partial charge on any atom is -0.483 e. The van der Waals surface area contributed by atoms with Crippen LogP contribution >= 0.6 is 0 Å². The number of hydrogen-bond donors (Lipinski definition) is 1. The van der Waals surface area contributed by atoms with E-state index < -0.39 is 0 Å². The van der Waals surface area contributed by atoms with E-state index in [1.807, 2.05) is 70.2 Å². The van der Waals surface area contributed by atoms with Gasteiger partial charge < -0.3 is 14.6 Å². The van der Waals surface area contributed by atoms with Crippen molar-refractivity contribution in [1.82, 2.24) is 15.5 Å². The molecule has 0 atom stereocenters. The Bertz CT molecular complexity index is 942. The zero-order valence-electron chi connectivity index (χ0n) is 15.9. The molecule has 0 radical (unpaired) electrons. The monoisotopic (exact) mass is 365 g/mol. The third-order valence-corrected chi connectivity index (χ3v) is 3.69. The molecule has 0 aliphatic rings. The number of nitrogens with zero attached hydrogens (tertiary/aromatic N) is 2. The number of benzene rings is 2. The Morgan fingerprint density at radius 2 is 1.93 bits per heavy atom. The lowest BCUT2D eigenvalue weighted by Crippen LogP contribution is -2.43. The van der Waals surface area contributed by atoms with Crippen molar-refractivity contribution in [1.29, 1.82) is 0 Å². The lowest BCUT2D eigenvalue weighted by atomic mass is 10.1. The van der Waals surface area contributed by atoms with Crippen LogP contribution < -0.4 is 10.1 Å². The fourth-order valence-electron chi connectivity index (χ4n) is 2.60. The van der Waals surface area contributed by atoms with Gasteiger partial charge in [0.2, 0.25) is 5.82 Å². The molecule has 0 unspecified atom stereocenters. The van der Waals surface area contributed by atoms with Crippen molar-refractivity contribution in [2.45, 2.75) is 33.2 Å². The molecule has 0 bridgehead atoms. The standard InChI is InChI=1S/C21H23N3O3/c1-14-8-7-9-15(12-14)19-22-20(27-24-19)16-10-5-6-11-17(16)26-13-18(25)23-21(2,3)4/h5-12H,13H2,1-4H3,(H,23,25). The number of amides is 1. The number of carbonyl (C=O) groups excluding carboxylic acids is 1. The lowest BCUT2D eigenvalue weighted by molar-refractivity contribution is -0.124. The Labute approximate surface area is 158 Å². The smallest absolute Gasteiger partial charge is 0.262 e. The van der Waals surface area contributed by atoms with Gasteiger partial charge in [0.05, 0.1) is 5.56 Å². The maximum atomic E-state index is 12.0. The largest absolute Gasteiger partial charge is 0.483 e. The summed E-state index contributed by atoms with van der Waals surface area (Å²) in [5.74, 6) is 1.18. The predicted octanol–water partition coefficient (Wildman–Crippen LogP) is 4.01. The highest BCUT2D eigenvalue weighted by atomic mass is 16.5. The third kappa shape index (κ3) is 4.94. The van der Waals surface area contributed by atoms with Gasteiger partial charge in [-0.3, -0.25) is 4.79 Å². The molecule has 6 heteroatoms. The van der Waals surface area contributed by atoms with E-state index in [0.717, 1.165) is 11.1 Å². The molecule has 3 rings (SSSR count). The average Bonchev–Trinajstić information content (AvgIpc) is 3.09. The zero-order valence-corrected chi connectivity index (χ0v) is 15.9. The Morgan fingerprint density at radius 1 is 1.15 bits per heavy atom. The van der Waals surface area contributed by atoms with Gasteiger partial charge >= 0.3 is 0 Å². The van der Waals surface area contributed by atoms with E-state index in [4.69, 9.17) is 9.26 Å². The van der Waals surface area contributed by atoms with E-state index in [0.29, 0.717) is 23.0 Å². The van der Waals surface area contributed by atoms with Crippen LogP contribution in [0.3, 0.4) is 0 Å². The highest BCUT2D eigenvalue weighted by Crippen LogP contribution is 2.30. The van der Waals surface area contributed by atoms with E-state index in [9.17, 15) is 4.79 Å². The maximum Gasteiger partial charge on any atom is 0.262 e. The van der Waals surface area contributed by atoms with Crippen LogP contribution in [0.5, 0.6) is 5.75 Å². The quantitative estimate of drug-likeness (QED) is 0.739. The predicted molar refractivity (Wildman–Crippen MR) is 103 cm³/mol. The first-order valence-corrected chi connectivity index (χ1v) is 8.76. The van der Waals surface area contributed by atoms with Gasteiger partial charge in [-0.05, 0) is 45.9 Å². The third-order valence-electron chi connectivity index (χ3n) is 3.69. The number of carbonyl (C=O) groups is 1. The molecule has 0 saturated heterocycles. The van der Waals surface area contributed by atoms with Gasteiger partial charge in [0.15, 0.2) is 6.61 Å². The van der Waals surface area contributed by atoms with Crippen molar-refractivity contribution in [2.75, 3.05) is 6.61 Å². The molecule has 0 fully saturated rings. The summed E-state index contributed by atoms with van der Waals surface area (Å²) >= 11 is 0. The molecule has 27 heavy (non-hydrogen) atoms. The van der Waals surface area contributed by atoms with Crippen molar-refractivity contribution in [3.8, 4) is 28.6 Å². The fraction of sp³-hybridized carbons (Fsp3) is 0.286. The Kier molecular flexibility index (Phi) is 5.26. The molecular formula is C21H23N3O3. The summed E-state index contributed by atoms with van der Waals surface area (Å²) in [6.07, 6.45) is 0. The summed E-state index contributed by atoms with van der Waals surface area (Å²) in [6, 6.07) is 15.2. The number of aryl methyl sites for hydroxylation is 1. The second kappa shape index (κ2) is 7.61. The van der Waals surface area contributed by atoms with Crippen LogP contribution in [-0.2, 0) is 4.79 Å². The van der Waals surface area contributed by atoms with Crippen molar-refractivity contribution in [3.63, 3.8) is 0 Å². The van der Waals surface area contributed by atoms with Crippen LogP contribution in [0.4, 0.5) is 0 Å². The van der Waals surface area contributed by atoms with Gasteiger partial charge in [0.25, 0.3) is 11.8 Å². The lowest BCUT2D eigenvalue weighted by Gasteiger charge is -2.20. The molecule has 1 aromatic heterocycles. The maximum absolute atomic E-state index is 12.0. The van der Waals surface area contributed by atoms with Crippen molar-refractivity contribution in [2.24, 2.45) is 0 Å². The molecular weight excluding hydrogens is 342 g/mol. The fourth-order valence-corrected chi connectivity index (χ4v) is 2.60. The normalized spacial score (nSPS) is 11.3. The van der Waals surface area contributed by atoms with Crippen molar-refractivity contribution in [3.05, 3.63) is 54.1 Å². The summed E-state index contributed by atoms with van der Waals surface area (Å²) in [4.78, 5) is 16.5. The summed E-state index contributed by atoms with van der Waals surface area (Å²) in [5, 5.41) is 6.93. The second-order valence-corrected chi connectivity index (χ2v) is 7.38. The van der Waals surface area contributed by atoms with E-state index in [1.165, 1.54) is 0 Å². The SMILES string of the molecule is Cc1cccc(-c2noc(-c3ccccc3OCC(=O)NC(C)(C)C)n2)c1. The van der Waals surface area contributed by atoms with Crippen molar-refractivity contribution >= 4 is 5.91 Å². The Balaban J connectivity index is 1.79. The van der Waals surface area contributed by atoms with Gasteiger partial charge in [-0.25, -0.2) is 0 Å². The first-order chi connectivity index (χ1) is 12.8. The molecule has 0 aliphatic heterocycles. The molecule has 0 spiro atoms. The molecule has 1 amide bonds. The zero-order chi connectivity index (χ0) is 19.4. The number of nitrogens with one attached hydrogen (secondary N) is 1. The highest BCUT2D eigenvalue weighted by molar-refractivity contribution is 5.78. The Hall–Kier alpha value is -3.15. The first kappa shape index (κ1) is 18.6. The van der Waals surface area contributed by atoms with Gasteiger partial charge in [0, 0.05) is 11.1 Å². The number of para-hydroxylation sites is 1. The van der Waals surface area contributed by atoms with E-state index in [-0.39, 0.29) is 18.1 Å². The van der Waals surface area contributed by atoms with Gasteiger partial charge in [0.1, 0.15) is 5.75 Å². The summed E-state index contributed by atoms with van der Waals surface area (Å²) < 4.78 is 11.1. The van der Waals surface area contributed by atoms with Crippen LogP contribution in [0.15, 0.2) is 53.1 Å². The van der Waals surface area contributed by atoms with Crippen LogP contribution in [0.2, 0.25) is 0 Å². The number of rotatable bonds is 5. The molecule has 1 N–H and O–H groups in total. The Morgan fingerprint density at radius 3 is 2.67 bits per heavy atom. The minimum atomic E-state index is -0.310. The molecule has 0 saturated carbocycles. The molecule has 140 valence electrons. The van der Waals surface area contributed by atoms with Gasteiger partial charge in [-0.2, -0.15) is 4.98 Å². The molecule has 2 aromatic carbocycles. The van der Waals surface area contributed by atoms with Crippen LogP contribution in [0, 0.1) is 6.92 Å². The summed E-state index contributed by atoms with van der Waals surface area (Å²) in [6.45, 7) is 7.68. The topological polar surface area (TPSA) is 77.2 Å². The minimum absolute atomic E-state index is 0.0901. The summed E-state index contributed by atoms with van der Waals surface area (Å²) in [7, 11) is 0. The average molecular weight is 365 g/mol. The molecule has 3 aromatic rings. The van der Waals surface area contributed by atoms with Gasteiger partial charge in [-0.1, -0.05) is 41.1 Å². The van der Waals surface area contributed by atoms with Crippen LogP contribution in [-0.4, -0.2) is 28.2 Å². The van der Waals surface area contributed by atoms with Gasteiger partial charge in [-0.15, -0.1) is 0 Å². The molecule has 6 nitrogen and oxygen atoms in total. The first-order valence-electron chi connectivity index (χ1n) is 8.76. The van der Waals surface area contributed by atoms with E-state index >= 15 is 0 Å². The number of aromatic nitrogens is 2. The second-order valence-electron chi connectivity index (χ2n) is 7.38. The van der Waals surface area contributed by atoms with Crippen LogP contribution in [0.1, 0.15) is 26.3 Å². The highest BCUT2D eigenvalue weighted by Gasteiger charge is 2.17.